The minimum Gasteiger partial charge on any atom is -0.489 e. The summed E-state index contributed by atoms with van der Waals surface area (Å²) in [7, 11) is 0. The summed E-state index contributed by atoms with van der Waals surface area (Å²) in [5.41, 5.74) is 2.36. The minimum absolute atomic E-state index is 0.104. The summed E-state index contributed by atoms with van der Waals surface area (Å²) in [5.74, 6) is 0.763. The van der Waals surface area contributed by atoms with Crippen LogP contribution in [-0.2, 0) is 12.8 Å². The number of nitrogens with zero attached hydrogens (tertiary/aromatic N) is 1. The highest BCUT2D eigenvalue weighted by atomic mass is 19.4. The molecule has 3 aromatic carbocycles. The fraction of sp³-hybridized carbons (Fsp3) is 0.280. The maximum atomic E-state index is 13.0. The summed E-state index contributed by atoms with van der Waals surface area (Å²) in [4.78, 5) is 2.30. The van der Waals surface area contributed by atoms with Crippen LogP contribution in [0.25, 0.3) is 0 Å². The number of benzene rings is 3. The fourth-order valence-corrected chi connectivity index (χ4v) is 3.90. The van der Waals surface area contributed by atoms with Crippen molar-refractivity contribution in [2.24, 2.45) is 0 Å². The molecule has 1 aliphatic rings. The minimum atomic E-state index is -4.33. The normalized spacial score (nSPS) is 16.1. The van der Waals surface area contributed by atoms with E-state index in [1.54, 1.807) is 12.1 Å². The lowest BCUT2D eigenvalue weighted by atomic mass is 9.95. The predicted molar refractivity (Wildman–Crippen MR) is 115 cm³/mol. The van der Waals surface area contributed by atoms with Gasteiger partial charge in [-0.15, -0.1) is 0 Å². The van der Waals surface area contributed by atoms with Crippen molar-refractivity contribution >= 4 is 0 Å². The molecule has 1 saturated heterocycles. The standard InChI is InChI=1S/C25H25F3N2O/c26-25(27,28)22-10-6-20(7-11-22)24(30-16-14-29-15-17-30)21-8-12-23(13-9-21)31-18-19-4-2-1-3-5-19/h1-13,24,29H,14-18H2. The molecule has 0 aromatic heterocycles. The lowest BCUT2D eigenvalue weighted by Gasteiger charge is -2.35. The van der Waals surface area contributed by atoms with Gasteiger partial charge in [0.15, 0.2) is 0 Å². The van der Waals surface area contributed by atoms with Crippen molar-refractivity contribution in [3.8, 4) is 5.75 Å². The van der Waals surface area contributed by atoms with Crippen LogP contribution >= 0.6 is 0 Å². The van der Waals surface area contributed by atoms with Crippen LogP contribution in [0.2, 0.25) is 0 Å². The number of rotatable bonds is 6. The van der Waals surface area contributed by atoms with Crippen LogP contribution in [0.1, 0.15) is 28.3 Å². The van der Waals surface area contributed by atoms with Crippen LogP contribution in [-0.4, -0.2) is 31.1 Å². The molecule has 1 heterocycles. The second kappa shape index (κ2) is 9.54. The van der Waals surface area contributed by atoms with Gasteiger partial charge in [0.25, 0.3) is 0 Å². The van der Waals surface area contributed by atoms with E-state index in [-0.39, 0.29) is 6.04 Å². The van der Waals surface area contributed by atoms with Crippen molar-refractivity contribution in [3.63, 3.8) is 0 Å². The summed E-state index contributed by atoms with van der Waals surface area (Å²) in [6.45, 7) is 3.86. The molecule has 0 saturated carbocycles. The second-order valence-corrected chi connectivity index (χ2v) is 7.65. The number of ether oxygens (including phenoxy) is 1. The van der Waals surface area contributed by atoms with Crippen LogP contribution < -0.4 is 10.1 Å². The Morgan fingerprint density at radius 1 is 0.806 bits per heavy atom. The third-order valence-corrected chi connectivity index (χ3v) is 5.51. The Balaban J connectivity index is 1.55. The Bertz CT molecular complexity index is 951. The highest BCUT2D eigenvalue weighted by Gasteiger charge is 2.31. The first-order valence-electron chi connectivity index (χ1n) is 10.4. The maximum Gasteiger partial charge on any atom is 0.416 e. The smallest absolute Gasteiger partial charge is 0.416 e. The van der Waals surface area contributed by atoms with Crippen LogP contribution in [0.5, 0.6) is 5.75 Å². The van der Waals surface area contributed by atoms with Crippen molar-refractivity contribution in [1.82, 2.24) is 10.2 Å². The molecular weight excluding hydrogens is 401 g/mol. The van der Waals surface area contributed by atoms with E-state index in [0.29, 0.717) is 6.61 Å². The van der Waals surface area contributed by atoms with Gasteiger partial charge in [-0.1, -0.05) is 54.6 Å². The lowest BCUT2D eigenvalue weighted by Crippen LogP contribution is -2.45. The molecule has 1 fully saturated rings. The Morgan fingerprint density at radius 2 is 1.39 bits per heavy atom. The van der Waals surface area contributed by atoms with E-state index in [0.717, 1.165) is 48.6 Å². The summed E-state index contributed by atoms with van der Waals surface area (Å²) in [6, 6.07) is 23.2. The van der Waals surface area contributed by atoms with Crippen LogP contribution in [0.3, 0.4) is 0 Å². The molecule has 31 heavy (non-hydrogen) atoms. The van der Waals surface area contributed by atoms with E-state index in [1.165, 1.54) is 12.1 Å². The molecule has 1 N–H and O–H groups in total. The molecule has 6 heteroatoms. The molecule has 1 aliphatic heterocycles. The van der Waals surface area contributed by atoms with E-state index in [1.807, 2.05) is 54.6 Å². The molecule has 4 rings (SSSR count). The maximum absolute atomic E-state index is 13.0. The zero-order valence-corrected chi connectivity index (χ0v) is 17.1. The molecule has 162 valence electrons. The Morgan fingerprint density at radius 3 is 1.97 bits per heavy atom. The summed E-state index contributed by atoms with van der Waals surface area (Å²) < 4.78 is 44.9. The average molecular weight is 426 g/mol. The van der Waals surface area contributed by atoms with Gasteiger partial charge in [0.1, 0.15) is 12.4 Å². The van der Waals surface area contributed by atoms with Gasteiger partial charge < -0.3 is 10.1 Å². The topological polar surface area (TPSA) is 24.5 Å². The van der Waals surface area contributed by atoms with Gasteiger partial charge in [0.2, 0.25) is 0 Å². The molecule has 3 aromatic rings. The van der Waals surface area contributed by atoms with Crippen LogP contribution in [0.15, 0.2) is 78.9 Å². The van der Waals surface area contributed by atoms with E-state index in [2.05, 4.69) is 10.2 Å². The van der Waals surface area contributed by atoms with Crippen molar-refractivity contribution in [2.75, 3.05) is 26.2 Å². The molecule has 3 nitrogen and oxygen atoms in total. The third kappa shape index (κ3) is 5.46. The summed E-state index contributed by atoms with van der Waals surface area (Å²) in [6.07, 6.45) is -4.33. The number of halogens is 3. The molecule has 0 aliphatic carbocycles. The Labute approximate surface area is 180 Å². The zero-order valence-electron chi connectivity index (χ0n) is 17.1. The zero-order chi connectivity index (χ0) is 21.7. The molecule has 0 radical (unpaired) electrons. The molecule has 1 unspecified atom stereocenters. The van der Waals surface area contributed by atoms with Gasteiger partial charge in [0, 0.05) is 26.2 Å². The van der Waals surface area contributed by atoms with Gasteiger partial charge in [-0.2, -0.15) is 13.2 Å². The van der Waals surface area contributed by atoms with Crippen molar-refractivity contribution in [3.05, 3.63) is 101 Å². The molecule has 0 bridgehead atoms. The fourth-order valence-electron chi connectivity index (χ4n) is 3.90. The van der Waals surface area contributed by atoms with E-state index < -0.39 is 11.7 Å². The van der Waals surface area contributed by atoms with E-state index in [9.17, 15) is 13.2 Å². The lowest BCUT2D eigenvalue weighted by molar-refractivity contribution is -0.137. The number of piperazine rings is 1. The predicted octanol–water partition coefficient (Wildman–Crippen LogP) is 5.28. The molecule has 0 spiro atoms. The van der Waals surface area contributed by atoms with Gasteiger partial charge in [0.05, 0.1) is 11.6 Å². The highest BCUT2D eigenvalue weighted by Crippen LogP contribution is 2.34. The first-order chi connectivity index (χ1) is 15.0. The van der Waals surface area contributed by atoms with Gasteiger partial charge in [-0.25, -0.2) is 0 Å². The Kier molecular flexibility index (Phi) is 6.59. The molecular formula is C25H25F3N2O. The van der Waals surface area contributed by atoms with Crippen molar-refractivity contribution in [2.45, 2.75) is 18.8 Å². The number of alkyl halides is 3. The van der Waals surface area contributed by atoms with E-state index in [4.69, 9.17) is 4.74 Å². The van der Waals surface area contributed by atoms with Crippen molar-refractivity contribution in [1.29, 1.82) is 0 Å². The van der Waals surface area contributed by atoms with Crippen molar-refractivity contribution < 1.29 is 17.9 Å². The number of hydrogen-bond donors (Lipinski definition) is 1. The first-order valence-corrected chi connectivity index (χ1v) is 10.4. The summed E-state index contributed by atoms with van der Waals surface area (Å²) >= 11 is 0. The van der Waals surface area contributed by atoms with Gasteiger partial charge >= 0.3 is 6.18 Å². The largest absolute Gasteiger partial charge is 0.489 e. The molecule has 0 amide bonds. The third-order valence-electron chi connectivity index (χ3n) is 5.51. The first kappa shape index (κ1) is 21.4. The molecule has 1 atom stereocenters. The van der Waals surface area contributed by atoms with Gasteiger partial charge in [-0.3, -0.25) is 4.90 Å². The van der Waals surface area contributed by atoms with Crippen LogP contribution in [0, 0.1) is 0 Å². The second-order valence-electron chi connectivity index (χ2n) is 7.65. The SMILES string of the molecule is FC(F)(F)c1ccc(C(c2ccc(OCc3ccccc3)cc2)N2CCNCC2)cc1. The number of nitrogens with one attached hydrogen (secondary N) is 1. The highest BCUT2D eigenvalue weighted by molar-refractivity contribution is 5.37. The van der Waals surface area contributed by atoms with Gasteiger partial charge in [-0.05, 0) is 41.0 Å². The van der Waals surface area contributed by atoms with Crippen LogP contribution in [0.4, 0.5) is 13.2 Å². The summed E-state index contributed by atoms with van der Waals surface area (Å²) in [5, 5.41) is 3.33. The Hall–Kier alpha value is -2.83. The number of hydrogen-bond acceptors (Lipinski definition) is 3. The van der Waals surface area contributed by atoms with E-state index >= 15 is 0 Å². The average Bonchev–Trinajstić information content (AvgIpc) is 2.80. The monoisotopic (exact) mass is 426 g/mol. The quantitative estimate of drug-likeness (QED) is 0.581.